The van der Waals surface area contributed by atoms with Crippen molar-refractivity contribution in [3.8, 4) is 5.75 Å². The van der Waals surface area contributed by atoms with Gasteiger partial charge in [-0.25, -0.2) is 14.6 Å². The highest BCUT2D eigenvalue weighted by Gasteiger charge is 2.33. The SMILES string of the molecule is COC1=CCC(/C(O)=C(\C(=O)Oc2c(C)cc(C)cc2C)c2nc3cc(C)ccc3oc2=O)C(OC)=C1. The number of aliphatic hydroxyl groups excluding tert-OH is 1. The van der Waals surface area contributed by atoms with Crippen molar-refractivity contribution in [3.63, 3.8) is 0 Å². The molecule has 4 rings (SSSR count). The van der Waals surface area contributed by atoms with Gasteiger partial charge in [-0.1, -0.05) is 23.8 Å². The third-order valence-electron chi connectivity index (χ3n) is 6.22. The lowest BCUT2D eigenvalue weighted by molar-refractivity contribution is -0.128. The van der Waals surface area contributed by atoms with Crippen molar-refractivity contribution >= 4 is 22.6 Å². The number of aryl methyl sites for hydroxylation is 4. The molecule has 0 fully saturated rings. The summed E-state index contributed by atoms with van der Waals surface area (Å²) in [6.07, 6.45) is 3.62. The minimum Gasteiger partial charge on any atom is -0.511 e. The number of esters is 1. The van der Waals surface area contributed by atoms with E-state index >= 15 is 0 Å². The molecule has 1 aliphatic carbocycles. The Balaban J connectivity index is 1.91. The van der Waals surface area contributed by atoms with Crippen LogP contribution in [0.5, 0.6) is 5.75 Å². The molecule has 0 bridgehead atoms. The number of methoxy groups -OCH3 is 2. The third-order valence-corrected chi connectivity index (χ3v) is 6.22. The molecule has 8 nitrogen and oxygen atoms in total. The van der Waals surface area contributed by atoms with E-state index in [-0.39, 0.29) is 17.7 Å². The van der Waals surface area contributed by atoms with Crippen molar-refractivity contribution < 1.29 is 28.5 Å². The quantitative estimate of drug-likeness (QED) is 0.207. The summed E-state index contributed by atoms with van der Waals surface area (Å²) in [5, 5.41) is 11.5. The summed E-state index contributed by atoms with van der Waals surface area (Å²) < 4.78 is 22.0. The fourth-order valence-electron chi connectivity index (χ4n) is 4.48. The molecule has 1 heterocycles. The second-order valence-corrected chi connectivity index (χ2v) is 9.05. The Labute approximate surface area is 214 Å². The molecule has 1 unspecified atom stereocenters. The van der Waals surface area contributed by atoms with Gasteiger partial charge in [0.1, 0.15) is 34.1 Å². The molecule has 8 heteroatoms. The number of aromatic nitrogens is 1. The van der Waals surface area contributed by atoms with E-state index in [4.69, 9.17) is 18.6 Å². The second-order valence-electron chi connectivity index (χ2n) is 9.05. The van der Waals surface area contributed by atoms with E-state index in [1.807, 2.05) is 39.8 Å². The maximum absolute atomic E-state index is 13.7. The van der Waals surface area contributed by atoms with Gasteiger partial charge in [-0.2, -0.15) is 0 Å². The lowest BCUT2D eigenvalue weighted by atomic mass is 9.92. The molecule has 0 saturated carbocycles. The van der Waals surface area contributed by atoms with Gasteiger partial charge in [0.05, 0.1) is 20.1 Å². The Morgan fingerprint density at radius 3 is 2.38 bits per heavy atom. The van der Waals surface area contributed by atoms with Crippen molar-refractivity contribution in [2.45, 2.75) is 34.1 Å². The Bertz CT molecular complexity index is 1520. The third kappa shape index (κ3) is 5.14. The van der Waals surface area contributed by atoms with Crippen molar-refractivity contribution in [2.24, 2.45) is 5.92 Å². The fourth-order valence-corrected chi connectivity index (χ4v) is 4.48. The minimum atomic E-state index is -0.934. The van der Waals surface area contributed by atoms with Crippen LogP contribution in [0.3, 0.4) is 0 Å². The molecule has 3 aromatic rings. The highest BCUT2D eigenvalue weighted by atomic mass is 16.5. The van der Waals surface area contributed by atoms with Crippen molar-refractivity contribution in [3.05, 3.63) is 98.1 Å². The number of ether oxygens (including phenoxy) is 3. The first kappa shape index (κ1) is 25.8. The van der Waals surface area contributed by atoms with Gasteiger partial charge in [0.25, 0.3) is 0 Å². The van der Waals surface area contributed by atoms with E-state index in [0.29, 0.717) is 22.8 Å². The van der Waals surface area contributed by atoms with Crippen LogP contribution in [0.15, 0.2) is 69.0 Å². The topological polar surface area (TPSA) is 108 Å². The second kappa shape index (κ2) is 10.3. The Morgan fingerprint density at radius 1 is 1.03 bits per heavy atom. The van der Waals surface area contributed by atoms with Gasteiger partial charge in [-0.05, 0) is 69.0 Å². The van der Waals surface area contributed by atoms with Crippen LogP contribution in [0.25, 0.3) is 16.7 Å². The van der Waals surface area contributed by atoms with Crippen LogP contribution in [-0.2, 0) is 14.3 Å². The summed E-state index contributed by atoms with van der Waals surface area (Å²) in [5.41, 5.74) is 2.39. The molecule has 0 aliphatic heterocycles. The maximum Gasteiger partial charge on any atom is 0.363 e. The molecule has 0 amide bonds. The molecule has 37 heavy (non-hydrogen) atoms. The molecule has 1 N–H and O–H groups in total. The van der Waals surface area contributed by atoms with E-state index in [9.17, 15) is 14.7 Å². The molecule has 1 atom stereocenters. The number of allylic oxidation sites excluding steroid dienone is 2. The zero-order valence-electron chi connectivity index (χ0n) is 21.7. The van der Waals surface area contributed by atoms with Crippen LogP contribution in [0, 0.1) is 33.6 Å². The highest BCUT2D eigenvalue weighted by molar-refractivity contribution is 6.17. The Morgan fingerprint density at radius 2 is 1.73 bits per heavy atom. The zero-order chi connectivity index (χ0) is 26.9. The van der Waals surface area contributed by atoms with Crippen LogP contribution in [0.4, 0.5) is 0 Å². The van der Waals surface area contributed by atoms with Gasteiger partial charge in [0.15, 0.2) is 11.3 Å². The summed E-state index contributed by atoms with van der Waals surface area (Å²) in [4.78, 5) is 31.2. The summed E-state index contributed by atoms with van der Waals surface area (Å²) in [6, 6.07) is 8.91. The molecular formula is C29H29NO7. The Kier molecular flexibility index (Phi) is 7.20. The normalized spacial score (nSPS) is 16.0. The van der Waals surface area contributed by atoms with Crippen LogP contribution in [0.2, 0.25) is 0 Å². The molecule has 1 aliphatic rings. The predicted molar refractivity (Wildman–Crippen MR) is 139 cm³/mol. The number of rotatable bonds is 6. The fraction of sp³-hybridized carbons (Fsp3) is 0.276. The van der Waals surface area contributed by atoms with Gasteiger partial charge in [-0.15, -0.1) is 0 Å². The first-order valence-electron chi connectivity index (χ1n) is 11.8. The number of carbonyl (C=O) groups is 1. The van der Waals surface area contributed by atoms with Crippen molar-refractivity contribution in [1.82, 2.24) is 4.98 Å². The highest BCUT2D eigenvalue weighted by Crippen LogP contribution is 2.35. The van der Waals surface area contributed by atoms with Crippen molar-refractivity contribution in [1.29, 1.82) is 0 Å². The summed E-state index contributed by atoms with van der Waals surface area (Å²) in [6.45, 7) is 7.45. The van der Waals surface area contributed by atoms with Gasteiger partial charge < -0.3 is 23.7 Å². The zero-order valence-corrected chi connectivity index (χ0v) is 21.7. The first-order valence-corrected chi connectivity index (χ1v) is 11.8. The molecule has 192 valence electrons. The van der Waals surface area contributed by atoms with Crippen LogP contribution >= 0.6 is 0 Å². The number of carbonyl (C=O) groups excluding carboxylic acids is 1. The first-order chi connectivity index (χ1) is 17.6. The number of hydrogen-bond donors (Lipinski definition) is 1. The van der Waals surface area contributed by atoms with E-state index in [1.54, 1.807) is 30.4 Å². The lowest BCUT2D eigenvalue weighted by Crippen LogP contribution is -2.24. The standard InChI is InChI=1S/C29H29NO7/c1-15-7-10-22-21(13-15)30-25(29(33)36-22)24(26(31)20-9-8-19(34-5)14-23(20)35-6)28(32)37-27-17(3)11-16(2)12-18(27)4/h7-8,10-14,20,31H,9H2,1-6H3/b26-24+. The van der Waals surface area contributed by atoms with E-state index < -0.39 is 28.8 Å². The average Bonchev–Trinajstić information content (AvgIpc) is 2.86. The molecule has 1 aromatic heterocycles. The molecular weight excluding hydrogens is 474 g/mol. The summed E-state index contributed by atoms with van der Waals surface area (Å²) in [7, 11) is 2.97. The average molecular weight is 504 g/mol. The number of hydrogen-bond acceptors (Lipinski definition) is 8. The molecule has 2 aromatic carbocycles. The Hall–Kier alpha value is -4.33. The number of nitrogens with zero attached hydrogens (tertiary/aromatic N) is 1. The van der Waals surface area contributed by atoms with E-state index in [1.165, 1.54) is 14.2 Å². The monoisotopic (exact) mass is 503 g/mol. The molecule has 0 saturated heterocycles. The summed E-state index contributed by atoms with van der Waals surface area (Å²) >= 11 is 0. The minimum absolute atomic E-state index is 0.256. The van der Waals surface area contributed by atoms with Gasteiger partial charge in [0.2, 0.25) is 0 Å². The molecule has 0 spiro atoms. The van der Waals surface area contributed by atoms with Gasteiger partial charge in [0, 0.05) is 6.08 Å². The van der Waals surface area contributed by atoms with Crippen molar-refractivity contribution in [2.75, 3.05) is 14.2 Å². The van der Waals surface area contributed by atoms with E-state index in [0.717, 1.165) is 22.3 Å². The summed E-state index contributed by atoms with van der Waals surface area (Å²) in [5.74, 6) is -0.883. The smallest absolute Gasteiger partial charge is 0.363 e. The largest absolute Gasteiger partial charge is 0.511 e. The lowest BCUT2D eigenvalue weighted by Gasteiger charge is -2.23. The predicted octanol–water partition coefficient (Wildman–Crippen LogP) is 5.38. The van der Waals surface area contributed by atoms with Crippen LogP contribution in [-0.4, -0.2) is 30.3 Å². The van der Waals surface area contributed by atoms with Gasteiger partial charge >= 0.3 is 11.6 Å². The molecule has 0 radical (unpaired) electrons. The number of fused-ring (bicyclic) bond motifs is 1. The number of aliphatic hydroxyl groups is 1. The number of benzene rings is 2. The van der Waals surface area contributed by atoms with Crippen LogP contribution in [0.1, 0.15) is 34.4 Å². The van der Waals surface area contributed by atoms with Gasteiger partial charge in [-0.3, -0.25) is 0 Å². The van der Waals surface area contributed by atoms with E-state index in [2.05, 4.69) is 4.98 Å². The van der Waals surface area contributed by atoms with Crippen LogP contribution < -0.4 is 10.4 Å². The maximum atomic E-state index is 13.7.